The summed E-state index contributed by atoms with van der Waals surface area (Å²) < 4.78 is 4.63. The first-order chi connectivity index (χ1) is 3.39. The lowest BCUT2D eigenvalue weighted by atomic mass is 10.5. The highest BCUT2D eigenvalue weighted by Crippen LogP contribution is 2.08. The highest BCUT2D eigenvalue weighted by molar-refractivity contribution is 8.09. The third-order valence-electron chi connectivity index (χ3n) is 0.506. The molecule has 3 heteroatoms. The van der Waals surface area contributed by atoms with E-state index in [1.165, 1.54) is 0 Å². The van der Waals surface area contributed by atoms with Gasteiger partial charge in [-0.25, -0.2) is 0 Å². The molecule has 0 bridgehead atoms. The number of carbonyl (C=O) groups excluding carboxylic acids is 1. The Morgan fingerprint density at radius 2 is 2.86 bits per heavy atom. The minimum absolute atomic E-state index is 0.147. The van der Waals surface area contributed by atoms with E-state index in [1.807, 2.05) is 0 Å². The van der Waals surface area contributed by atoms with Gasteiger partial charge in [0.05, 0.1) is 18.6 Å². The molecule has 0 aromatic rings. The summed E-state index contributed by atoms with van der Waals surface area (Å²) >= 11 is 0.837. The van der Waals surface area contributed by atoms with E-state index in [0.717, 1.165) is 12.0 Å². The Labute approximate surface area is 45.7 Å². The second-order valence-corrected chi connectivity index (χ2v) is 1.78. The zero-order valence-electron chi connectivity index (χ0n) is 3.51. The van der Waals surface area contributed by atoms with Crippen molar-refractivity contribution < 1.29 is 8.98 Å². The molecule has 1 rings (SSSR count). The zero-order valence-corrected chi connectivity index (χ0v) is 4.33. The van der Waals surface area contributed by atoms with Crippen molar-refractivity contribution in [2.45, 2.75) is 0 Å². The first kappa shape index (κ1) is 4.87. The minimum atomic E-state index is -0.147. The van der Waals surface area contributed by atoms with Gasteiger partial charge in [-0.15, -0.1) is 0 Å². The molecule has 0 aliphatic carbocycles. The van der Waals surface area contributed by atoms with E-state index >= 15 is 0 Å². The zero-order chi connectivity index (χ0) is 5.11. The van der Waals surface area contributed by atoms with Gasteiger partial charge in [-0.2, -0.15) is 0 Å². The van der Waals surface area contributed by atoms with Crippen LogP contribution in [-0.4, -0.2) is 11.7 Å². The quantitative estimate of drug-likeness (QED) is 0.431. The van der Waals surface area contributed by atoms with Crippen molar-refractivity contribution in [3.8, 4) is 0 Å². The molecule has 2 nitrogen and oxygen atoms in total. The first-order valence-electron chi connectivity index (χ1n) is 1.81. The molecule has 0 saturated carbocycles. The summed E-state index contributed by atoms with van der Waals surface area (Å²) in [6.45, 7) is 0.496. The van der Waals surface area contributed by atoms with E-state index in [-0.39, 0.29) is 5.12 Å². The van der Waals surface area contributed by atoms with Crippen molar-refractivity contribution in [1.82, 2.24) is 0 Å². The van der Waals surface area contributed by atoms with E-state index < -0.39 is 0 Å². The molecular weight excluding hydrogens is 112 g/mol. The van der Waals surface area contributed by atoms with E-state index in [2.05, 4.69) is 10.3 Å². The van der Waals surface area contributed by atoms with Gasteiger partial charge in [0.2, 0.25) is 5.12 Å². The van der Waals surface area contributed by atoms with Gasteiger partial charge in [0.15, 0.2) is 0 Å². The molecule has 1 aliphatic heterocycles. The van der Waals surface area contributed by atoms with Crippen molar-refractivity contribution >= 4 is 17.2 Å². The molecule has 1 radical (unpaired) electrons. The standard InChI is InChI=1S/C4H3O2S/c5-4-2-1-3-6-7-4/h1H,3H2. The van der Waals surface area contributed by atoms with Crippen molar-refractivity contribution in [2.24, 2.45) is 0 Å². The Hall–Kier alpha value is -0.280. The Morgan fingerprint density at radius 3 is 3.14 bits per heavy atom. The summed E-state index contributed by atoms with van der Waals surface area (Å²) in [6.07, 6.45) is 4.02. The van der Waals surface area contributed by atoms with Gasteiger partial charge in [-0.3, -0.25) is 4.79 Å². The molecule has 0 atom stereocenters. The third-order valence-corrected chi connectivity index (χ3v) is 1.03. The average Bonchev–Trinajstić information content (AvgIpc) is 1.69. The highest BCUT2D eigenvalue weighted by atomic mass is 32.2. The number of hydrogen-bond acceptors (Lipinski definition) is 3. The molecule has 0 aromatic carbocycles. The molecular formula is C4H3O2S. The van der Waals surface area contributed by atoms with Crippen LogP contribution < -0.4 is 0 Å². The maximum atomic E-state index is 10.2. The lowest BCUT2D eigenvalue weighted by Gasteiger charge is -1.97. The van der Waals surface area contributed by atoms with E-state index in [0.29, 0.717) is 6.61 Å². The summed E-state index contributed by atoms with van der Waals surface area (Å²) in [7, 11) is 0. The summed E-state index contributed by atoms with van der Waals surface area (Å²) in [4.78, 5) is 10.2. The van der Waals surface area contributed by atoms with Crippen LogP contribution in [0.25, 0.3) is 0 Å². The third kappa shape index (κ3) is 1.33. The van der Waals surface area contributed by atoms with Crippen LogP contribution in [0.5, 0.6) is 0 Å². The van der Waals surface area contributed by atoms with Gasteiger partial charge >= 0.3 is 0 Å². The largest absolute Gasteiger partial charge is 0.304 e. The number of carbonyl (C=O) groups is 1. The molecule has 1 heterocycles. The molecule has 37 valence electrons. The van der Waals surface area contributed by atoms with Gasteiger partial charge in [0, 0.05) is 6.08 Å². The summed E-state index contributed by atoms with van der Waals surface area (Å²) in [5, 5.41) is -0.147. The summed E-state index contributed by atoms with van der Waals surface area (Å²) in [6, 6.07) is 0. The van der Waals surface area contributed by atoms with Gasteiger partial charge in [0.25, 0.3) is 0 Å². The Morgan fingerprint density at radius 1 is 2.00 bits per heavy atom. The first-order valence-corrected chi connectivity index (χ1v) is 2.55. The van der Waals surface area contributed by atoms with Crippen molar-refractivity contribution in [2.75, 3.05) is 6.61 Å². The smallest absolute Gasteiger partial charge is 0.246 e. The number of hydrogen-bond donors (Lipinski definition) is 0. The Bertz CT molecular complexity index is 108. The molecule has 0 aromatic heterocycles. The van der Waals surface area contributed by atoms with Crippen LogP contribution >= 0.6 is 12.0 Å². The topological polar surface area (TPSA) is 26.3 Å². The Balaban J connectivity index is 2.51. The normalized spacial score (nSPS) is 20.3. The van der Waals surface area contributed by atoms with E-state index in [9.17, 15) is 4.79 Å². The van der Waals surface area contributed by atoms with Crippen LogP contribution in [0.4, 0.5) is 0 Å². The van der Waals surface area contributed by atoms with Crippen LogP contribution in [0.1, 0.15) is 0 Å². The maximum absolute atomic E-state index is 10.2. The predicted octanol–water partition coefficient (Wildman–Crippen LogP) is 0.551. The number of rotatable bonds is 0. The van der Waals surface area contributed by atoms with Crippen LogP contribution in [0.3, 0.4) is 0 Å². The van der Waals surface area contributed by atoms with Gasteiger partial charge in [-0.1, -0.05) is 0 Å². The van der Waals surface area contributed by atoms with Crippen LogP contribution in [0, 0.1) is 6.08 Å². The van der Waals surface area contributed by atoms with Crippen molar-refractivity contribution in [3.63, 3.8) is 0 Å². The lowest BCUT2D eigenvalue weighted by molar-refractivity contribution is -0.108. The van der Waals surface area contributed by atoms with Gasteiger partial charge in [-0.05, 0) is 6.08 Å². The fourth-order valence-electron chi connectivity index (χ4n) is 0.271. The maximum Gasteiger partial charge on any atom is 0.246 e. The second-order valence-electron chi connectivity index (χ2n) is 1.00. The fourth-order valence-corrected chi connectivity index (χ4v) is 0.645. The SMILES string of the molecule is O=C1[C]=CCOS1. The van der Waals surface area contributed by atoms with Gasteiger partial charge in [0.1, 0.15) is 0 Å². The lowest BCUT2D eigenvalue weighted by Crippen LogP contribution is -1.95. The van der Waals surface area contributed by atoms with E-state index in [1.54, 1.807) is 6.08 Å². The molecule has 0 fully saturated rings. The minimum Gasteiger partial charge on any atom is -0.304 e. The fraction of sp³-hybridized carbons (Fsp3) is 0.250. The molecule has 1 aliphatic rings. The summed E-state index contributed by atoms with van der Waals surface area (Å²) in [5.41, 5.74) is 0. The molecule has 0 amide bonds. The molecule has 0 unspecified atom stereocenters. The van der Waals surface area contributed by atoms with Crippen LogP contribution in [-0.2, 0) is 8.98 Å². The van der Waals surface area contributed by atoms with Crippen LogP contribution in [0.2, 0.25) is 0 Å². The summed E-state index contributed by atoms with van der Waals surface area (Å²) in [5.74, 6) is 0. The molecule has 7 heavy (non-hydrogen) atoms. The van der Waals surface area contributed by atoms with Crippen molar-refractivity contribution in [1.29, 1.82) is 0 Å². The molecule has 0 saturated heterocycles. The monoisotopic (exact) mass is 115 g/mol. The Kier molecular flexibility index (Phi) is 1.49. The van der Waals surface area contributed by atoms with Gasteiger partial charge < -0.3 is 4.18 Å². The highest BCUT2D eigenvalue weighted by Gasteiger charge is 2.01. The second kappa shape index (κ2) is 2.14. The van der Waals surface area contributed by atoms with Crippen LogP contribution in [0.15, 0.2) is 6.08 Å². The molecule has 0 N–H and O–H groups in total. The van der Waals surface area contributed by atoms with E-state index in [4.69, 9.17) is 0 Å². The van der Waals surface area contributed by atoms with Crippen molar-refractivity contribution in [3.05, 3.63) is 12.2 Å². The predicted molar refractivity (Wildman–Crippen MR) is 26.4 cm³/mol. The average molecular weight is 115 g/mol. The molecule has 0 spiro atoms.